The Morgan fingerprint density at radius 3 is 2.89 bits per heavy atom. The molecule has 0 aromatic heterocycles. The summed E-state index contributed by atoms with van der Waals surface area (Å²) in [4.78, 5) is 14.6. The van der Waals surface area contributed by atoms with Crippen LogP contribution in [0.1, 0.15) is 38.3 Å². The lowest BCUT2D eigenvalue weighted by molar-refractivity contribution is -0.140. The number of carbonyl (C=O) groups excluding carboxylic acids is 1. The molecule has 104 valence electrons. The van der Waals surface area contributed by atoms with E-state index in [9.17, 15) is 4.79 Å². The van der Waals surface area contributed by atoms with Crippen LogP contribution in [0.4, 0.5) is 0 Å². The van der Waals surface area contributed by atoms with Crippen molar-refractivity contribution in [2.24, 2.45) is 11.1 Å². The highest BCUT2D eigenvalue weighted by Crippen LogP contribution is 2.35. The molecular weight excluding hydrogens is 304 g/mol. The molecule has 0 aliphatic carbocycles. The Labute approximate surface area is 123 Å². The zero-order valence-electron chi connectivity index (χ0n) is 11.5. The molecule has 0 saturated carbocycles. The van der Waals surface area contributed by atoms with E-state index in [0.29, 0.717) is 6.54 Å². The van der Waals surface area contributed by atoms with Crippen LogP contribution in [-0.4, -0.2) is 23.9 Å². The van der Waals surface area contributed by atoms with Gasteiger partial charge in [0.05, 0.1) is 11.5 Å². The minimum Gasteiger partial charge on any atom is -0.335 e. The van der Waals surface area contributed by atoms with Crippen LogP contribution in [0.2, 0.25) is 0 Å². The summed E-state index contributed by atoms with van der Waals surface area (Å²) in [6.07, 6.45) is 2.09. The van der Waals surface area contributed by atoms with Gasteiger partial charge < -0.3 is 10.6 Å². The average molecular weight is 325 g/mol. The van der Waals surface area contributed by atoms with Gasteiger partial charge in [0.15, 0.2) is 0 Å². The van der Waals surface area contributed by atoms with Crippen molar-refractivity contribution in [2.45, 2.75) is 32.7 Å². The number of likely N-dealkylation sites (tertiary alicyclic amines) is 1. The van der Waals surface area contributed by atoms with Crippen molar-refractivity contribution < 1.29 is 4.79 Å². The van der Waals surface area contributed by atoms with Crippen LogP contribution in [0.25, 0.3) is 0 Å². The van der Waals surface area contributed by atoms with Crippen LogP contribution in [-0.2, 0) is 4.79 Å². The van der Waals surface area contributed by atoms with Crippen molar-refractivity contribution in [3.05, 3.63) is 34.3 Å². The summed E-state index contributed by atoms with van der Waals surface area (Å²) in [5.41, 5.74) is 6.45. The number of hydrogen-bond acceptors (Lipinski definition) is 2. The monoisotopic (exact) mass is 324 g/mol. The maximum atomic E-state index is 12.6. The van der Waals surface area contributed by atoms with Gasteiger partial charge in [-0.2, -0.15) is 0 Å². The second kappa shape index (κ2) is 5.63. The maximum Gasteiger partial charge on any atom is 0.230 e. The van der Waals surface area contributed by atoms with Crippen LogP contribution < -0.4 is 5.73 Å². The topological polar surface area (TPSA) is 46.3 Å². The number of carbonyl (C=O) groups is 1. The molecule has 0 radical (unpaired) electrons. The molecule has 0 bridgehead atoms. The largest absolute Gasteiger partial charge is 0.335 e. The summed E-state index contributed by atoms with van der Waals surface area (Å²) in [7, 11) is 0. The lowest BCUT2D eigenvalue weighted by Gasteiger charge is -2.32. The fourth-order valence-electron chi connectivity index (χ4n) is 2.55. The molecule has 1 aliphatic rings. The second-order valence-corrected chi connectivity index (χ2v) is 6.72. The molecule has 1 heterocycles. The second-order valence-electron chi connectivity index (χ2n) is 5.80. The number of amides is 1. The summed E-state index contributed by atoms with van der Waals surface area (Å²) < 4.78 is 1.06. The van der Waals surface area contributed by atoms with Gasteiger partial charge in [0.2, 0.25) is 5.91 Å². The van der Waals surface area contributed by atoms with Gasteiger partial charge in [0.1, 0.15) is 0 Å². The fraction of sp³-hybridized carbons (Fsp3) is 0.533. The third-order valence-corrected chi connectivity index (χ3v) is 4.33. The number of benzene rings is 1. The predicted octanol–water partition coefficient (Wildman–Crippen LogP) is 3.10. The molecule has 1 amide bonds. The van der Waals surface area contributed by atoms with Crippen LogP contribution in [0.5, 0.6) is 0 Å². The van der Waals surface area contributed by atoms with E-state index in [1.54, 1.807) is 0 Å². The summed E-state index contributed by atoms with van der Waals surface area (Å²) in [6.45, 7) is 5.06. The van der Waals surface area contributed by atoms with Gasteiger partial charge >= 0.3 is 0 Å². The van der Waals surface area contributed by atoms with Crippen LogP contribution in [0, 0.1) is 5.41 Å². The molecule has 2 N–H and O–H groups in total. The van der Waals surface area contributed by atoms with E-state index in [1.807, 2.05) is 30.9 Å². The first kappa shape index (κ1) is 14.5. The Bertz CT molecular complexity index is 473. The van der Waals surface area contributed by atoms with Gasteiger partial charge in [-0.25, -0.2) is 0 Å². The normalized spacial score (nSPS) is 19.8. The third-order valence-electron chi connectivity index (χ3n) is 3.84. The SMILES string of the molecule is CC(C)(CN)C(=O)N1CCCC1c1cccc(Br)c1. The Kier molecular flexibility index (Phi) is 4.31. The van der Waals surface area contributed by atoms with Gasteiger partial charge in [0.25, 0.3) is 0 Å². The number of nitrogens with two attached hydrogens (primary N) is 1. The van der Waals surface area contributed by atoms with Crippen LogP contribution in [0.15, 0.2) is 28.7 Å². The van der Waals surface area contributed by atoms with E-state index in [-0.39, 0.29) is 11.9 Å². The Morgan fingerprint density at radius 1 is 1.53 bits per heavy atom. The zero-order valence-corrected chi connectivity index (χ0v) is 13.1. The molecule has 2 rings (SSSR count). The van der Waals surface area contributed by atoms with E-state index in [2.05, 4.69) is 28.1 Å². The molecule has 3 nitrogen and oxygen atoms in total. The average Bonchev–Trinajstić information content (AvgIpc) is 2.86. The molecule has 1 aliphatic heterocycles. The number of nitrogens with zero attached hydrogens (tertiary/aromatic N) is 1. The van der Waals surface area contributed by atoms with Crippen molar-refractivity contribution in [2.75, 3.05) is 13.1 Å². The minimum atomic E-state index is -0.478. The van der Waals surface area contributed by atoms with E-state index in [4.69, 9.17) is 5.73 Å². The number of rotatable bonds is 3. The van der Waals surface area contributed by atoms with E-state index < -0.39 is 5.41 Å². The van der Waals surface area contributed by atoms with Crippen molar-refractivity contribution in [3.8, 4) is 0 Å². The Balaban J connectivity index is 2.24. The maximum absolute atomic E-state index is 12.6. The summed E-state index contributed by atoms with van der Waals surface area (Å²) in [5.74, 6) is 0.164. The first-order valence-corrected chi connectivity index (χ1v) is 7.51. The van der Waals surface area contributed by atoms with Crippen LogP contribution in [0.3, 0.4) is 0 Å². The van der Waals surface area contributed by atoms with Gasteiger partial charge in [-0.1, -0.05) is 28.1 Å². The van der Waals surface area contributed by atoms with E-state index in [1.165, 1.54) is 5.56 Å². The highest BCUT2D eigenvalue weighted by atomic mass is 79.9. The molecule has 1 unspecified atom stereocenters. The Hall–Kier alpha value is -0.870. The zero-order chi connectivity index (χ0) is 14.0. The highest BCUT2D eigenvalue weighted by Gasteiger charge is 2.37. The molecule has 1 aromatic rings. The molecule has 19 heavy (non-hydrogen) atoms. The fourth-order valence-corrected chi connectivity index (χ4v) is 2.96. The standard InChI is InChI=1S/C15H21BrN2O/c1-15(2,10-17)14(19)18-8-4-7-13(18)11-5-3-6-12(16)9-11/h3,5-6,9,13H,4,7-8,10,17H2,1-2H3. The van der Waals surface area contributed by atoms with Gasteiger partial charge in [-0.05, 0) is 44.4 Å². The van der Waals surface area contributed by atoms with Gasteiger partial charge in [-0.3, -0.25) is 4.79 Å². The predicted molar refractivity (Wildman–Crippen MR) is 80.7 cm³/mol. The third kappa shape index (κ3) is 3.00. The van der Waals surface area contributed by atoms with Gasteiger partial charge in [-0.15, -0.1) is 0 Å². The summed E-state index contributed by atoms with van der Waals surface area (Å²) in [5, 5.41) is 0. The summed E-state index contributed by atoms with van der Waals surface area (Å²) >= 11 is 3.50. The molecular formula is C15H21BrN2O. The van der Waals surface area contributed by atoms with E-state index in [0.717, 1.165) is 23.9 Å². The molecule has 1 aromatic carbocycles. The van der Waals surface area contributed by atoms with Crippen LogP contribution >= 0.6 is 15.9 Å². The summed E-state index contributed by atoms with van der Waals surface area (Å²) in [6, 6.07) is 8.42. The molecule has 1 fully saturated rings. The molecule has 1 atom stereocenters. The highest BCUT2D eigenvalue weighted by molar-refractivity contribution is 9.10. The van der Waals surface area contributed by atoms with Crippen molar-refractivity contribution in [3.63, 3.8) is 0 Å². The quantitative estimate of drug-likeness (QED) is 0.928. The Morgan fingerprint density at radius 2 is 2.26 bits per heavy atom. The van der Waals surface area contributed by atoms with Crippen molar-refractivity contribution in [1.82, 2.24) is 4.90 Å². The first-order chi connectivity index (χ1) is 8.95. The number of halogens is 1. The molecule has 0 spiro atoms. The molecule has 1 saturated heterocycles. The lowest BCUT2D eigenvalue weighted by Crippen LogP contribution is -2.44. The smallest absolute Gasteiger partial charge is 0.230 e. The van der Waals surface area contributed by atoms with Crippen molar-refractivity contribution in [1.29, 1.82) is 0 Å². The first-order valence-electron chi connectivity index (χ1n) is 6.72. The van der Waals surface area contributed by atoms with Gasteiger partial charge in [0, 0.05) is 17.6 Å². The molecule has 4 heteroatoms. The number of hydrogen-bond donors (Lipinski definition) is 1. The lowest BCUT2D eigenvalue weighted by atomic mass is 9.91. The van der Waals surface area contributed by atoms with E-state index >= 15 is 0 Å². The minimum absolute atomic E-state index is 0.164. The van der Waals surface area contributed by atoms with Crippen molar-refractivity contribution >= 4 is 21.8 Å².